The molecule has 0 spiro atoms. The van der Waals surface area contributed by atoms with Gasteiger partial charge in [0.15, 0.2) is 5.13 Å². The van der Waals surface area contributed by atoms with Crippen molar-refractivity contribution in [3.05, 3.63) is 53.1 Å². The van der Waals surface area contributed by atoms with Crippen molar-refractivity contribution < 1.29 is 13.2 Å². The minimum absolute atomic E-state index is 0.0231. The van der Waals surface area contributed by atoms with Gasteiger partial charge in [-0.3, -0.25) is 10.1 Å². The number of nitrogens with zero attached hydrogens (tertiary/aromatic N) is 1. The molecule has 0 bridgehead atoms. The molecular weight excluding hydrogens is 394 g/mol. The summed E-state index contributed by atoms with van der Waals surface area (Å²) in [5.74, 6) is -0.518. The smallest absolute Gasteiger partial charge is 0.259 e. The maximum atomic E-state index is 12.6. The van der Waals surface area contributed by atoms with Gasteiger partial charge in [-0.2, -0.15) is 0 Å². The van der Waals surface area contributed by atoms with Gasteiger partial charge in [0.2, 0.25) is 10.0 Å². The average Bonchev–Trinajstić information content (AvgIpc) is 2.95. The van der Waals surface area contributed by atoms with E-state index in [0.29, 0.717) is 5.13 Å². The highest BCUT2D eigenvalue weighted by Gasteiger charge is 2.20. The van der Waals surface area contributed by atoms with Gasteiger partial charge >= 0.3 is 0 Å². The lowest BCUT2D eigenvalue weighted by molar-refractivity contribution is 0.102. The average molecular weight is 410 g/mol. The van der Waals surface area contributed by atoms with E-state index < -0.39 is 15.9 Å². The van der Waals surface area contributed by atoms with E-state index in [4.69, 9.17) is 11.6 Å². The largest absolute Gasteiger partial charge is 0.298 e. The molecule has 3 rings (SSSR count). The Kier molecular flexibility index (Phi) is 5.29. The van der Waals surface area contributed by atoms with E-state index in [-0.39, 0.29) is 21.5 Å². The molecule has 0 saturated carbocycles. The van der Waals surface area contributed by atoms with Crippen LogP contribution >= 0.6 is 22.9 Å². The molecule has 0 aliphatic rings. The van der Waals surface area contributed by atoms with Crippen LogP contribution in [0.25, 0.3) is 10.2 Å². The maximum Gasteiger partial charge on any atom is 0.259 e. The number of sulfonamides is 1. The molecule has 0 unspecified atom stereocenters. The van der Waals surface area contributed by atoms with Crippen LogP contribution in [0.5, 0.6) is 0 Å². The molecule has 9 heteroatoms. The van der Waals surface area contributed by atoms with Gasteiger partial charge in [0.05, 0.1) is 25.7 Å². The standard InChI is InChI=1S/C17H16ClN3O3S2/c1-10(2)21-26(23,24)11-7-8-13(18)12(9-11)16(22)20-17-19-14-5-3-4-6-15(14)25-17/h3-10,21H,1-2H3,(H,19,20,22). The van der Waals surface area contributed by atoms with Crippen LogP contribution in [0.4, 0.5) is 5.13 Å². The lowest BCUT2D eigenvalue weighted by Gasteiger charge is -2.11. The van der Waals surface area contributed by atoms with Crippen LogP contribution in [0.1, 0.15) is 24.2 Å². The predicted molar refractivity (Wildman–Crippen MR) is 104 cm³/mol. The number of rotatable bonds is 5. The Morgan fingerprint density at radius 3 is 2.62 bits per heavy atom. The highest BCUT2D eigenvalue weighted by molar-refractivity contribution is 7.89. The number of aromatic nitrogens is 1. The van der Waals surface area contributed by atoms with E-state index in [9.17, 15) is 13.2 Å². The number of fused-ring (bicyclic) bond motifs is 1. The number of thiazole rings is 1. The molecule has 1 heterocycles. The van der Waals surface area contributed by atoms with Crippen LogP contribution in [0.15, 0.2) is 47.4 Å². The summed E-state index contributed by atoms with van der Waals surface area (Å²) >= 11 is 7.43. The Labute approximate surface area is 160 Å². The van der Waals surface area contributed by atoms with Crippen LogP contribution in [-0.4, -0.2) is 25.4 Å². The van der Waals surface area contributed by atoms with Crippen molar-refractivity contribution in [3.8, 4) is 0 Å². The van der Waals surface area contributed by atoms with Crippen LogP contribution < -0.4 is 10.0 Å². The van der Waals surface area contributed by atoms with E-state index in [0.717, 1.165) is 10.2 Å². The van der Waals surface area contributed by atoms with Crippen molar-refractivity contribution in [2.45, 2.75) is 24.8 Å². The van der Waals surface area contributed by atoms with Crippen LogP contribution in [0, 0.1) is 0 Å². The first-order valence-electron chi connectivity index (χ1n) is 7.75. The first kappa shape index (κ1) is 18.8. The third-order valence-corrected chi connectivity index (χ3v) is 6.34. The third kappa shape index (κ3) is 4.04. The zero-order valence-electron chi connectivity index (χ0n) is 14.0. The van der Waals surface area contributed by atoms with E-state index in [1.807, 2.05) is 24.3 Å². The minimum atomic E-state index is -3.73. The van der Waals surface area contributed by atoms with Crippen molar-refractivity contribution in [3.63, 3.8) is 0 Å². The van der Waals surface area contributed by atoms with Crippen molar-refractivity contribution in [1.82, 2.24) is 9.71 Å². The summed E-state index contributed by atoms with van der Waals surface area (Å²) in [6.07, 6.45) is 0. The van der Waals surface area contributed by atoms with E-state index in [1.165, 1.54) is 29.5 Å². The van der Waals surface area contributed by atoms with E-state index in [1.54, 1.807) is 13.8 Å². The Morgan fingerprint density at radius 2 is 1.92 bits per heavy atom. The summed E-state index contributed by atoms with van der Waals surface area (Å²) in [5, 5.41) is 3.25. The zero-order valence-corrected chi connectivity index (χ0v) is 16.4. The van der Waals surface area contributed by atoms with Crippen LogP contribution in [0.3, 0.4) is 0 Å². The highest BCUT2D eigenvalue weighted by atomic mass is 35.5. The minimum Gasteiger partial charge on any atom is -0.298 e. The molecule has 136 valence electrons. The summed E-state index contributed by atoms with van der Waals surface area (Å²) in [5.41, 5.74) is 0.842. The third-order valence-electron chi connectivity index (χ3n) is 3.40. The van der Waals surface area contributed by atoms with Gasteiger partial charge in [-0.25, -0.2) is 18.1 Å². The van der Waals surface area contributed by atoms with Gasteiger partial charge in [0.1, 0.15) is 0 Å². The molecule has 26 heavy (non-hydrogen) atoms. The van der Waals surface area contributed by atoms with Gasteiger partial charge in [-0.15, -0.1) is 0 Å². The van der Waals surface area contributed by atoms with Crippen LogP contribution in [0.2, 0.25) is 5.02 Å². The summed E-state index contributed by atoms with van der Waals surface area (Å²) in [6.45, 7) is 3.43. The van der Waals surface area contributed by atoms with E-state index >= 15 is 0 Å². The topological polar surface area (TPSA) is 88.2 Å². The molecule has 1 aromatic heterocycles. The monoisotopic (exact) mass is 409 g/mol. The Bertz CT molecular complexity index is 1040. The second-order valence-corrected chi connectivity index (χ2v) is 9.01. The number of halogens is 1. The van der Waals surface area contributed by atoms with Crippen molar-refractivity contribution in [2.75, 3.05) is 5.32 Å². The Hall–Kier alpha value is -2.00. The molecule has 0 atom stereocenters. The first-order valence-corrected chi connectivity index (χ1v) is 10.4. The summed E-state index contributed by atoms with van der Waals surface area (Å²) in [4.78, 5) is 16.9. The summed E-state index contributed by atoms with van der Waals surface area (Å²) < 4.78 is 28.0. The fraction of sp³-hybridized carbons (Fsp3) is 0.176. The SMILES string of the molecule is CC(C)NS(=O)(=O)c1ccc(Cl)c(C(=O)Nc2nc3ccccc3s2)c1. The number of carbonyl (C=O) groups excluding carboxylic acids is 1. The molecule has 0 aliphatic carbocycles. The van der Waals surface area contributed by atoms with Crippen molar-refractivity contribution in [1.29, 1.82) is 0 Å². The van der Waals surface area contributed by atoms with Crippen LogP contribution in [-0.2, 0) is 10.0 Å². The van der Waals surface area contributed by atoms with Gasteiger partial charge in [0, 0.05) is 6.04 Å². The van der Waals surface area contributed by atoms with Gasteiger partial charge in [-0.05, 0) is 44.2 Å². The lowest BCUT2D eigenvalue weighted by atomic mass is 10.2. The van der Waals surface area contributed by atoms with E-state index in [2.05, 4.69) is 15.0 Å². The molecule has 3 aromatic rings. The molecule has 2 N–H and O–H groups in total. The molecule has 0 radical (unpaired) electrons. The molecule has 0 saturated heterocycles. The number of nitrogens with one attached hydrogen (secondary N) is 2. The normalized spacial score (nSPS) is 11.8. The summed E-state index contributed by atoms with van der Waals surface area (Å²) in [7, 11) is -3.73. The quantitative estimate of drug-likeness (QED) is 0.669. The Morgan fingerprint density at radius 1 is 1.19 bits per heavy atom. The van der Waals surface area contributed by atoms with Gasteiger partial charge in [0.25, 0.3) is 5.91 Å². The van der Waals surface area contributed by atoms with Crippen molar-refractivity contribution >= 4 is 54.2 Å². The molecular formula is C17H16ClN3O3S2. The number of para-hydroxylation sites is 1. The first-order chi connectivity index (χ1) is 12.3. The molecule has 0 aliphatic heterocycles. The Balaban J connectivity index is 1.90. The number of amides is 1. The molecule has 1 amide bonds. The maximum absolute atomic E-state index is 12.6. The number of anilines is 1. The molecule has 2 aromatic carbocycles. The number of hydrogen-bond acceptors (Lipinski definition) is 5. The fourth-order valence-corrected chi connectivity index (χ4v) is 4.66. The number of carbonyl (C=O) groups is 1. The number of hydrogen-bond donors (Lipinski definition) is 2. The highest BCUT2D eigenvalue weighted by Crippen LogP contribution is 2.27. The predicted octanol–water partition coefficient (Wildman–Crippen LogP) is 3.89. The van der Waals surface area contributed by atoms with Gasteiger partial charge < -0.3 is 0 Å². The summed E-state index contributed by atoms with van der Waals surface area (Å²) in [6, 6.07) is 11.2. The second kappa shape index (κ2) is 7.32. The lowest BCUT2D eigenvalue weighted by Crippen LogP contribution is -2.30. The number of benzene rings is 2. The zero-order chi connectivity index (χ0) is 18.9. The van der Waals surface area contributed by atoms with Crippen molar-refractivity contribution in [2.24, 2.45) is 0 Å². The molecule has 0 fully saturated rings. The molecule has 6 nitrogen and oxygen atoms in total. The second-order valence-electron chi connectivity index (χ2n) is 5.86. The van der Waals surface area contributed by atoms with Gasteiger partial charge in [-0.1, -0.05) is 35.1 Å². The fourth-order valence-electron chi connectivity index (χ4n) is 2.31.